The Labute approximate surface area is 173 Å². The molecule has 11 heteroatoms. The van der Waals surface area contributed by atoms with Crippen molar-refractivity contribution in [2.75, 3.05) is 39.8 Å². The summed E-state index contributed by atoms with van der Waals surface area (Å²) in [5.74, 6) is 1.14. The van der Waals surface area contributed by atoms with Gasteiger partial charge in [-0.2, -0.15) is 17.5 Å². The number of likely N-dealkylation sites (N-methyl/N-ethyl adjacent to an activating group) is 1. The Hall–Kier alpha value is -1.07. The highest BCUT2D eigenvalue weighted by Crippen LogP contribution is 2.28. The first-order valence-corrected chi connectivity index (χ1v) is 11.7. The minimum atomic E-state index is -5.25. The van der Waals surface area contributed by atoms with E-state index in [1.807, 2.05) is 0 Å². The summed E-state index contributed by atoms with van der Waals surface area (Å²) in [6, 6.07) is 0.222. The molecule has 1 saturated heterocycles. The molecule has 0 spiro atoms. The number of rotatable bonds is 9. The second kappa shape index (κ2) is 11.4. The first kappa shape index (κ1) is 26.0. The van der Waals surface area contributed by atoms with Gasteiger partial charge in [-0.15, -0.1) is 0 Å². The summed E-state index contributed by atoms with van der Waals surface area (Å²) in [5.41, 5.74) is -5.25. The number of nitrogens with one attached hydrogen (secondary N) is 2. The van der Waals surface area contributed by atoms with Gasteiger partial charge in [-0.25, -0.2) is 8.42 Å². The van der Waals surface area contributed by atoms with Crippen LogP contribution < -0.4 is 10.6 Å². The van der Waals surface area contributed by atoms with Gasteiger partial charge in [0.05, 0.1) is 0 Å². The number of hydrogen-bond donors (Lipinski definition) is 2. The van der Waals surface area contributed by atoms with E-state index in [-0.39, 0.29) is 19.1 Å². The van der Waals surface area contributed by atoms with Gasteiger partial charge < -0.3 is 10.6 Å². The van der Waals surface area contributed by atoms with Gasteiger partial charge in [0.25, 0.3) is 0 Å². The number of hydrogen-bond acceptors (Lipinski definition) is 4. The molecule has 0 aromatic heterocycles. The van der Waals surface area contributed by atoms with Gasteiger partial charge in [0, 0.05) is 38.8 Å². The first-order chi connectivity index (χ1) is 13.5. The fraction of sp³-hybridized carbons (Fsp3) is 0.944. The maximum atomic E-state index is 12.7. The molecule has 0 saturated carbocycles. The van der Waals surface area contributed by atoms with Gasteiger partial charge >= 0.3 is 15.5 Å². The van der Waals surface area contributed by atoms with Crippen LogP contribution in [0.5, 0.6) is 0 Å². The monoisotopic (exact) mass is 443 g/mol. The predicted molar refractivity (Wildman–Crippen MR) is 110 cm³/mol. The summed E-state index contributed by atoms with van der Waals surface area (Å²) in [6.45, 7) is 10.9. The molecular formula is C18H36F3N5O2S. The highest BCUT2D eigenvalue weighted by molar-refractivity contribution is 7.90. The average molecular weight is 444 g/mol. The number of alkyl halides is 3. The van der Waals surface area contributed by atoms with Crippen LogP contribution in [-0.4, -0.2) is 80.9 Å². The largest absolute Gasteiger partial charge is 0.511 e. The van der Waals surface area contributed by atoms with Gasteiger partial charge in [0.1, 0.15) is 0 Å². The highest BCUT2D eigenvalue weighted by Gasteiger charge is 2.50. The Bertz CT molecular complexity index is 613. The Morgan fingerprint density at radius 1 is 1.21 bits per heavy atom. The molecule has 7 nitrogen and oxygen atoms in total. The number of aliphatic imine (C=N–C) groups is 1. The van der Waals surface area contributed by atoms with Crippen LogP contribution in [0.25, 0.3) is 0 Å². The number of guanidine groups is 1. The minimum Gasteiger partial charge on any atom is -0.355 e. The van der Waals surface area contributed by atoms with Crippen molar-refractivity contribution in [1.29, 1.82) is 0 Å². The maximum absolute atomic E-state index is 12.7. The van der Waals surface area contributed by atoms with E-state index in [0.29, 0.717) is 41.6 Å². The SMILES string of the molecule is CCN(CC)C(CNC(=NC)NC1CCN(S(=O)(=O)C(F)(F)F)CC1)CC(C)C. The second-order valence-electron chi connectivity index (χ2n) is 7.73. The molecule has 1 aliphatic heterocycles. The molecular weight excluding hydrogens is 407 g/mol. The fourth-order valence-corrected chi connectivity index (χ4v) is 4.62. The van der Waals surface area contributed by atoms with Crippen molar-refractivity contribution in [2.24, 2.45) is 10.9 Å². The molecule has 1 atom stereocenters. The van der Waals surface area contributed by atoms with Crippen LogP contribution in [0.2, 0.25) is 0 Å². The van der Waals surface area contributed by atoms with E-state index in [4.69, 9.17) is 0 Å². The van der Waals surface area contributed by atoms with Crippen LogP contribution in [0, 0.1) is 5.92 Å². The molecule has 0 amide bonds. The zero-order valence-corrected chi connectivity index (χ0v) is 18.9. The van der Waals surface area contributed by atoms with Crippen molar-refractivity contribution in [3.05, 3.63) is 0 Å². The van der Waals surface area contributed by atoms with Crippen LogP contribution >= 0.6 is 0 Å². The standard InChI is InChI=1S/C18H36F3N5O2S/c1-6-25(7-2)16(12-14(3)4)13-23-17(22-5)24-15-8-10-26(11-9-15)29(27,28)18(19,20)21/h14-16H,6-13H2,1-5H3,(H2,22,23,24). The molecule has 0 aromatic carbocycles. The van der Waals surface area contributed by atoms with E-state index in [9.17, 15) is 21.6 Å². The normalized spacial score (nSPS) is 19.0. The molecule has 2 N–H and O–H groups in total. The van der Waals surface area contributed by atoms with E-state index < -0.39 is 15.5 Å². The van der Waals surface area contributed by atoms with E-state index in [1.165, 1.54) is 0 Å². The molecule has 172 valence electrons. The van der Waals surface area contributed by atoms with Crippen LogP contribution in [0.4, 0.5) is 13.2 Å². The lowest BCUT2D eigenvalue weighted by Crippen LogP contribution is -2.53. The number of nitrogens with zero attached hydrogens (tertiary/aromatic N) is 3. The zero-order chi connectivity index (χ0) is 22.2. The summed E-state index contributed by atoms with van der Waals surface area (Å²) in [4.78, 5) is 6.60. The second-order valence-corrected chi connectivity index (χ2v) is 9.66. The number of halogens is 3. The van der Waals surface area contributed by atoms with Crippen LogP contribution in [0.1, 0.15) is 47.0 Å². The van der Waals surface area contributed by atoms with Gasteiger partial charge in [0.15, 0.2) is 5.96 Å². The Morgan fingerprint density at radius 2 is 1.76 bits per heavy atom. The molecule has 1 heterocycles. The van der Waals surface area contributed by atoms with Crippen molar-refractivity contribution >= 4 is 16.0 Å². The smallest absolute Gasteiger partial charge is 0.355 e. The van der Waals surface area contributed by atoms with E-state index in [1.54, 1.807) is 7.05 Å². The molecule has 0 bridgehead atoms. The van der Waals surface area contributed by atoms with E-state index in [2.05, 4.69) is 48.2 Å². The lowest BCUT2D eigenvalue weighted by atomic mass is 10.0. The van der Waals surface area contributed by atoms with E-state index >= 15 is 0 Å². The summed E-state index contributed by atoms with van der Waals surface area (Å²) < 4.78 is 61.6. The van der Waals surface area contributed by atoms with Gasteiger partial charge in [-0.3, -0.25) is 9.89 Å². The fourth-order valence-electron chi connectivity index (χ4n) is 3.64. The molecule has 1 rings (SSSR count). The number of piperidine rings is 1. The summed E-state index contributed by atoms with van der Waals surface area (Å²) >= 11 is 0. The van der Waals surface area contributed by atoms with Crippen molar-refractivity contribution in [3.63, 3.8) is 0 Å². The molecule has 0 aromatic rings. The van der Waals surface area contributed by atoms with Crippen molar-refractivity contribution in [1.82, 2.24) is 19.8 Å². The Kier molecular flexibility index (Phi) is 10.2. The summed E-state index contributed by atoms with van der Waals surface area (Å²) in [5, 5.41) is 6.54. The molecule has 0 radical (unpaired) electrons. The minimum absolute atomic E-state index is 0.127. The lowest BCUT2D eigenvalue weighted by Gasteiger charge is -2.34. The Balaban J connectivity index is 2.60. The first-order valence-electron chi connectivity index (χ1n) is 10.2. The molecule has 0 aliphatic carbocycles. The van der Waals surface area contributed by atoms with E-state index in [0.717, 1.165) is 19.5 Å². The average Bonchev–Trinajstić information content (AvgIpc) is 2.64. The van der Waals surface area contributed by atoms with Gasteiger partial charge in [-0.05, 0) is 38.3 Å². The number of sulfonamides is 1. The van der Waals surface area contributed by atoms with Gasteiger partial charge in [-0.1, -0.05) is 27.7 Å². The maximum Gasteiger partial charge on any atom is 0.511 e. The van der Waals surface area contributed by atoms with Crippen molar-refractivity contribution in [3.8, 4) is 0 Å². The Morgan fingerprint density at radius 3 is 2.17 bits per heavy atom. The third-order valence-electron chi connectivity index (χ3n) is 5.23. The molecule has 1 fully saturated rings. The van der Waals surface area contributed by atoms with Crippen molar-refractivity contribution in [2.45, 2.75) is 64.5 Å². The summed E-state index contributed by atoms with van der Waals surface area (Å²) in [6.07, 6.45) is 1.63. The van der Waals surface area contributed by atoms with Crippen LogP contribution in [0.3, 0.4) is 0 Å². The highest BCUT2D eigenvalue weighted by atomic mass is 32.2. The quantitative estimate of drug-likeness (QED) is 0.422. The third kappa shape index (κ3) is 7.60. The van der Waals surface area contributed by atoms with Crippen LogP contribution in [0.15, 0.2) is 4.99 Å². The third-order valence-corrected chi connectivity index (χ3v) is 6.86. The molecule has 1 unspecified atom stereocenters. The molecule has 29 heavy (non-hydrogen) atoms. The van der Waals surface area contributed by atoms with Gasteiger partial charge in [0.2, 0.25) is 0 Å². The van der Waals surface area contributed by atoms with Crippen LogP contribution in [-0.2, 0) is 10.0 Å². The molecule has 1 aliphatic rings. The lowest BCUT2D eigenvalue weighted by molar-refractivity contribution is -0.0494. The topological polar surface area (TPSA) is 77.0 Å². The predicted octanol–water partition coefficient (Wildman–Crippen LogP) is 2.22. The zero-order valence-electron chi connectivity index (χ0n) is 18.1. The summed E-state index contributed by atoms with van der Waals surface area (Å²) in [7, 11) is -3.60. The van der Waals surface area contributed by atoms with Crippen molar-refractivity contribution < 1.29 is 21.6 Å².